The first-order valence-electron chi connectivity index (χ1n) is 7.24. The molecule has 21 heavy (non-hydrogen) atoms. The molecule has 0 amide bonds. The lowest BCUT2D eigenvalue weighted by molar-refractivity contribution is 0.00846. The summed E-state index contributed by atoms with van der Waals surface area (Å²) in [7, 11) is 1.73. The standard InChI is InChI=1S/C16H23ClN2O2/c1-5-21-13-8-6-7-12-15(13)18-14(9-10-17)19(12)11-16(2,3)20-4/h6-8H,5,9-11H2,1-4H3. The van der Waals surface area contributed by atoms with Crippen LogP contribution in [0.15, 0.2) is 18.2 Å². The number of rotatable bonds is 7. The van der Waals surface area contributed by atoms with Crippen molar-refractivity contribution in [2.24, 2.45) is 0 Å². The Balaban J connectivity index is 2.55. The number of fused-ring (bicyclic) bond motifs is 1. The number of hydrogen-bond donors (Lipinski definition) is 0. The smallest absolute Gasteiger partial charge is 0.147 e. The summed E-state index contributed by atoms with van der Waals surface area (Å²) in [5.41, 5.74) is 1.69. The summed E-state index contributed by atoms with van der Waals surface area (Å²) in [6.45, 7) is 7.46. The molecule has 0 aliphatic rings. The quantitative estimate of drug-likeness (QED) is 0.733. The van der Waals surface area contributed by atoms with Crippen LogP contribution in [0.2, 0.25) is 0 Å². The van der Waals surface area contributed by atoms with E-state index in [2.05, 4.69) is 24.5 Å². The molecule has 5 heteroatoms. The number of halogens is 1. The fraction of sp³-hybridized carbons (Fsp3) is 0.562. The van der Waals surface area contributed by atoms with Gasteiger partial charge in [-0.1, -0.05) is 6.07 Å². The van der Waals surface area contributed by atoms with Crippen LogP contribution in [0.25, 0.3) is 11.0 Å². The number of methoxy groups -OCH3 is 1. The molecule has 0 saturated heterocycles. The predicted molar refractivity (Wildman–Crippen MR) is 86.4 cm³/mol. The number of hydrogen-bond acceptors (Lipinski definition) is 3. The van der Waals surface area contributed by atoms with Crippen LogP contribution >= 0.6 is 11.6 Å². The van der Waals surface area contributed by atoms with Gasteiger partial charge in [0, 0.05) is 19.4 Å². The van der Waals surface area contributed by atoms with Gasteiger partial charge in [0.15, 0.2) is 0 Å². The summed E-state index contributed by atoms with van der Waals surface area (Å²) < 4.78 is 13.4. The van der Waals surface area contributed by atoms with E-state index in [1.165, 1.54) is 0 Å². The first-order chi connectivity index (χ1) is 10.0. The molecular weight excluding hydrogens is 288 g/mol. The van der Waals surface area contributed by atoms with Crippen molar-refractivity contribution in [2.75, 3.05) is 19.6 Å². The van der Waals surface area contributed by atoms with E-state index in [0.29, 0.717) is 12.5 Å². The van der Waals surface area contributed by atoms with E-state index in [1.54, 1.807) is 7.11 Å². The highest BCUT2D eigenvalue weighted by molar-refractivity contribution is 6.17. The zero-order valence-electron chi connectivity index (χ0n) is 13.1. The molecule has 0 spiro atoms. The highest BCUT2D eigenvalue weighted by Gasteiger charge is 2.22. The maximum absolute atomic E-state index is 5.93. The lowest BCUT2D eigenvalue weighted by Gasteiger charge is -2.24. The molecule has 0 bridgehead atoms. The number of imidazole rings is 1. The maximum atomic E-state index is 5.93. The summed E-state index contributed by atoms with van der Waals surface area (Å²) in [6, 6.07) is 6.01. The minimum absolute atomic E-state index is 0.268. The third-order valence-electron chi connectivity index (χ3n) is 3.53. The molecule has 0 saturated carbocycles. The van der Waals surface area contributed by atoms with E-state index in [9.17, 15) is 0 Å². The Bertz CT molecular complexity index is 608. The van der Waals surface area contributed by atoms with Crippen molar-refractivity contribution < 1.29 is 9.47 Å². The molecule has 116 valence electrons. The SMILES string of the molecule is CCOc1cccc2c1nc(CCCl)n2CC(C)(C)OC. The summed E-state index contributed by atoms with van der Waals surface area (Å²) >= 11 is 5.93. The number of aryl methyl sites for hydroxylation is 1. The molecule has 2 aromatic rings. The molecule has 1 aromatic heterocycles. The minimum atomic E-state index is -0.268. The molecule has 1 heterocycles. The average Bonchev–Trinajstić information content (AvgIpc) is 2.79. The van der Waals surface area contributed by atoms with Crippen molar-refractivity contribution in [3.05, 3.63) is 24.0 Å². The Morgan fingerprint density at radius 2 is 2.10 bits per heavy atom. The van der Waals surface area contributed by atoms with Crippen molar-refractivity contribution in [3.8, 4) is 5.75 Å². The highest BCUT2D eigenvalue weighted by atomic mass is 35.5. The van der Waals surface area contributed by atoms with Gasteiger partial charge in [-0.15, -0.1) is 11.6 Å². The van der Waals surface area contributed by atoms with Crippen molar-refractivity contribution in [2.45, 2.75) is 39.3 Å². The van der Waals surface area contributed by atoms with Crippen molar-refractivity contribution in [1.29, 1.82) is 0 Å². The van der Waals surface area contributed by atoms with Crippen LogP contribution in [0.1, 0.15) is 26.6 Å². The van der Waals surface area contributed by atoms with Crippen molar-refractivity contribution in [3.63, 3.8) is 0 Å². The molecule has 2 rings (SSSR count). The van der Waals surface area contributed by atoms with Crippen LogP contribution in [-0.4, -0.2) is 34.7 Å². The zero-order chi connectivity index (χ0) is 15.5. The van der Waals surface area contributed by atoms with Gasteiger partial charge >= 0.3 is 0 Å². The first kappa shape index (κ1) is 16.1. The molecule has 0 fully saturated rings. The largest absolute Gasteiger partial charge is 0.492 e. The molecule has 0 aliphatic carbocycles. The topological polar surface area (TPSA) is 36.3 Å². The Hall–Kier alpha value is -1.26. The molecule has 0 unspecified atom stereocenters. The lowest BCUT2D eigenvalue weighted by Crippen LogP contribution is -2.29. The lowest BCUT2D eigenvalue weighted by atomic mass is 10.1. The third-order valence-corrected chi connectivity index (χ3v) is 3.72. The highest BCUT2D eigenvalue weighted by Crippen LogP contribution is 2.28. The van der Waals surface area contributed by atoms with Gasteiger partial charge in [0.05, 0.1) is 24.3 Å². The molecule has 1 aromatic carbocycles. The number of nitrogens with zero attached hydrogens (tertiary/aromatic N) is 2. The molecule has 0 atom stereocenters. The number of ether oxygens (including phenoxy) is 2. The number of para-hydroxylation sites is 1. The van der Waals surface area contributed by atoms with Crippen LogP contribution in [0.4, 0.5) is 0 Å². The van der Waals surface area contributed by atoms with Crippen molar-refractivity contribution >= 4 is 22.6 Å². The maximum Gasteiger partial charge on any atom is 0.147 e. The van der Waals surface area contributed by atoms with Crippen LogP contribution in [-0.2, 0) is 17.7 Å². The molecule has 0 radical (unpaired) electrons. The van der Waals surface area contributed by atoms with E-state index in [1.807, 2.05) is 19.1 Å². The van der Waals surface area contributed by atoms with Crippen LogP contribution in [0.3, 0.4) is 0 Å². The molecule has 0 N–H and O–H groups in total. The van der Waals surface area contributed by atoms with Crippen LogP contribution in [0.5, 0.6) is 5.75 Å². The minimum Gasteiger partial charge on any atom is -0.492 e. The molecule has 0 aliphatic heterocycles. The van der Waals surface area contributed by atoms with E-state index in [-0.39, 0.29) is 5.60 Å². The van der Waals surface area contributed by atoms with E-state index in [0.717, 1.165) is 35.6 Å². The summed E-state index contributed by atoms with van der Waals surface area (Å²) in [4.78, 5) is 4.74. The predicted octanol–water partition coefficient (Wildman–Crippen LogP) is 3.64. The van der Waals surface area contributed by atoms with Gasteiger partial charge in [0.25, 0.3) is 0 Å². The second kappa shape index (κ2) is 6.67. The fourth-order valence-corrected chi connectivity index (χ4v) is 2.51. The average molecular weight is 311 g/mol. The Morgan fingerprint density at radius 1 is 1.33 bits per heavy atom. The normalized spacial score (nSPS) is 12.0. The fourth-order valence-electron chi connectivity index (χ4n) is 2.34. The van der Waals surface area contributed by atoms with Crippen LogP contribution in [0, 0.1) is 0 Å². The van der Waals surface area contributed by atoms with Gasteiger partial charge < -0.3 is 14.0 Å². The van der Waals surface area contributed by atoms with Crippen molar-refractivity contribution in [1.82, 2.24) is 9.55 Å². The van der Waals surface area contributed by atoms with Crippen LogP contribution < -0.4 is 4.74 Å². The first-order valence-corrected chi connectivity index (χ1v) is 7.78. The van der Waals surface area contributed by atoms with Gasteiger partial charge in [0.2, 0.25) is 0 Å². The molecular formula is C16H23ClN2O2. The Morgan fingerprint density at radius 3 is 2.71 bits per heavy atom. The number of benzene rings is 1. The number of aromatic nitrogens is 2. The van der Waals surface area contributed by atoms with Gasteiger partial charge in [-0.2, -0.15) is 0 Å². The Kier molecular flexibility index (Phi) is 5.12. The number of alkyl halides is 1. The molecule has 4 nitrogen and oxygen atoms in total. The summed E-state index contributed by atoms with van der Waals surface area (Å²) in [5, 5.41) is 0. The van der Waals surface area contributed by atoms with Gasteiger partial charge in [-0.05, 0) is 32.9 Å². The summed E-state index contributed by atoms with van der Waals surface area (Å²) in [6.07, 6.45) is 0.724. The van der Waals surface area contributed by atoms with Gasteiger partial charge in [-0.25, -0.2) is 4.98 Å². The van der Waals surface area contributed by atoms with Gasteiger partial charge in [-0.3, -0.25) is 0 Å². The van der Waals surface area contributed by atoms with E-state index < -0.39 is 0 Å². The van der Waals surface area contributed by atoms with E-state index >= 15 is 0 Å². The van der Waals surface area contributed by atoms with E-state index in [4.69, 9.17) is 26.1 Å². The zero-order valence-corrected chi connectivity index (χ0v) is 13.9. The second-order valence-electron chi connectivity index (χ2n) is 5.57. The third kappa shape index (κ3) is 3.50. The second-order valence-corrected chi connectivity index (χ2v) is 5.95. The van der Waals surface area contributed by atoms with Gasteiger partial charge in [0.1, 0.15) is 17.1 Å². The Labute approximate surface area is 131 Å². The summed E-state index contributed by atoms with van der Waals surface area (Å²) in [5.74, 6) is 2.33. The monoisotopic (exact) mass is 310 g/mol.